The SMILES string of the molecule is CC12CC=C3C=C4CC(O)CCC4CC[C@]3(O)C1CCC2=O. The second-order valence-electron chi connectivity index (χ2n) is 8.11. The van der Waals surface area contributed by atoms with Gasteiger partial charge in [-0.15, -0.1) is 0 Å². The summed E-state index contributed by atoms with van der Waals surface area (Å²) in [5.41, 5.74) is 1.13. The fraction of sp³-hybridized carbons (Fsp3) is 0.737. The Morgan fingerprint density at radius 1 is 1.23 bits per heavy atom. The topological polar surface area (TPSA) is 57.5 Å². The zero-order valence-electron chi connectivity index (χ0n) is 13.3. The molecule has 0 amide bonds. The third-order valence-corrected chi connectivity index (χ3v) is 6.95. The summed E-state index contributed by atoms with van der Waals surface area (Å²) in [6, 6.07) is 0. The van der Waals surface area contributed by atoms with Gasteiger partial charge in [-0.3, -0.25) is 4.79 Å². The number of fused-ring (bicyclic) bond motifs is 4. The van der Waals surface area contributed by atoms with E-state index in [2.05, 4.69) is 12.2 Å². The molecule has 0 aromatic carbocycles. The van der Waals surface area contributed by atoms with Crippen molar-refractivity contribution in [2.75, 3.05) is 0 Å². The van der Waals surface area contributed by atoms with Crippen LogP contribution in [-0.2, 0) is 4.79 Å². The minimum Gasteiger partial charge on any atom is -0.393 e. The Kier molecular flexibility index (Phi) is 3.18. The molecule has 4 aliphatic rings. The van der Waals surface area contributed by atoms with E-state index in [1.807, 2.05) is 6.92 Å². The quantitative estimate of drug-likeness (QED) is 0.723. The van der Waals surface area contributed by atoms with E-state index in [1.165, 1.54) is 5.57 Å². The highest BCUT2D eigenvalue weighted by atomic mass is 16.3. The minimum absolute atomic E-state index is 0.0643. The fourth-order valence-corrected chi connectivity index (χ4v) is 5.52. The van der Waals surface area contributed by atoms with Crippen molar-refractivity contribution in [3.63, 3.8) is 0 Å². The minimum atomic E-state index is -0.839. The first-order valence-corrected chi connectivity index (χ1v) is 8.78. The Morgan fingerprint density at radius 2 is 2.05 bits per heavy atom. The van der Waals surface area contributed by atoms with Crippen LogP contribution in [0.5, 0.6) is 0 Å². The van der Waals surface area contributed by atoms with Crippen molar-refractivity contribution in [2.24, 2.45) is 17.3 Å². The number of rotatable bonds is 0. The van der Waals surface area contributed by atoms with Crippen molar-refractivity contribution < 1.29 is 15.0 Å². The largest absolute Gasteiger partial charge is 0.393 e. The van der Waals surface area contributed by atoms with Crippen LogP contribution < -0.4 is 0 Å². The Labute approximate surface area is 132 Å². The van der Waals surface area contributed by atoms with Crippen LogP contribution >= 0.6 is 0 Å². The summed E-state index contributed by atoms with van der Waals surface area (Å²) in [6.45, 7) is 2.05. The molecule has 2 saturated carbocycles. The lowest BCUT2D eigenvalue weighted by molar-refractivity contribution is -0.131. The first-order chi connectivity index (χ1) is 10.4. The molecule has 0 spiro atoms. The van der Waals surface area contributed by atoms with E-state index in [-0.39, 0.29) is 17.4 Å². The zero-order valence-corrected chi connectivity index (χ0v) is 13.3. The van der Waals surface area contributed by atoms with Gasteiger partial charge in [0.25, 0.3) is 0 Å². The van der Waals surface area contributed by atoms with Gasteiger partial charge in [0.05, 0.1) is 11.7 Å². The first-order valence-electron chi connectivity index (χ1n) is 8.78. The highest BCUT2D eigenvalue weighted by Gasteiger charge is 2.58. The Balaban J connectivity index is 1.75. The van der Waals surface area contributed by atoms with Crippen LogP contribution in [0.4, 0.5) is 0 Å². The van der Waals surface area contributed by atoms with E-state index in [4.69, 9.17) is 0 Å². The smallest absolute Gasteiger partial charge is 0.139 e. The lowest BCUT2D eigenvalue weighted by Gasteiger charge is -2.46. The number of ketones is 1. The molecule has 0 bridgehead atoms. The van der Waals surface area contributed by atoms with Gasteiger partial charge < -0.3 is 10.2 Å². The molecule has 3 heteroatoms. The molecule has 0 heterocycles. The van der Waals surface area contributed by atoms with Crippen LogP contribution in [0.2, 0.25) is 0 Å². The molecule has 0 aromatic rings. The first kappa shape index (κ1) is 14.6. The molecule has 0 radical (unpaired) electrons. The van der Waals surface area contributed by atoms with Crippen molar-refractivity contribution in [3.8, 4) is 0 Å². The van der Waals surface area contributed by atoms with Crippen molar-refractivity contribution in [3.05, 3.63) is 23.3 Å². The Bertz CT molecular complexity index is 575. The monoisotopic (exact) mass is 302 g/mol. The maximum Gasteiger partial charge on any atom is 0.139 e. The van der Waals surface area contributed by atoms with E-state index in [0.29, 0.717) is 18.1 Å². The van der Waals surface area contributed by atoms with Crippen molar-refractivity contribution in [2.45, 2.75) is 70.0 Å². The molecule has 5 atom stereocenters. The van der Waals surface area contributed by atoms with Gasteiger partial charge in [0.2, 0.25) is 0 Å². The average Bonchev–Trinajstić information content (AvgIpc) is 2.70. The molecule has 22 heavy (non-hydrogen) atoms. The number of aliphatic hydroxyl groups is 2. The number of allylic oxidation sites excluding steroid dienone is 1. The molecule has 2 N–H and O–H groups in total. The number of hydrogen-bond acceptors (Lipinski definition) is 3. The lowest BCUT2D eigenvalue weighted by Crippen LogP contribution is -2.49. The number of Topliss-reactive ketones (excluding diaryl/α,β-unsaturated/α-hetero) is 1. The van der Waals surface area contributed by atoms with Crippen LogP contribution in [0.15, 0.2) is 23.3 Å². The maximum absolute atomic E-state index is 12.3. The van der Waals surface area contributed by atoms with Gasteiger partial charge in [0.15, 0.2) is 0 Å². The summed E-state index contributed by atoms with van der Waals surface area (Å²) in [4.78, 5) is 12.3. The van der Waals surface area contributed by atoms with Crippen molar-refractivity contribution in [1.29, 1.82) is 0 Å². The van der Waals surface area contributed by atoms with E-state index < -0.39 is 5.60 Å². The van der Waals surface area contributed by atoms with Gasteiger partial charge in [-0.25, -0.2) is 0 Å². The maximum atomic E-state index is 12.3. The predicted octanol–water partition coefficient (Wildman–Crippen LogP) is 2.91. The van der Waals surface area contributed by atoms with Crippen LogP contribution in [-0.4, -0.2) is 27.7 Å². The highest BCUT2D eigenvalue weighted by Crippen LogP contribution is 2.57. The van der Waals surface area contributed by atoms with Crippen molar-refractivity contribution in [1.82, 2.24) is 0 Å². The Morgan fingerprint density at radius 3 is 2.86 bits per heavy atom. The summed E-state index contributed by atoms with van der Waals surface area (Å²) in [6.07, 6.45) is 10.6. The molecule has 0 aliphatic heterocycles. The number of aliphatic hydroxyl groups excluding tert-OH is 1. The molecule has 0 aromatic heterocycles. The van der Waals surface area contributed by atoms with Gasteiger partial charge >= 0.3 is 0 Å². The van der Waals surface area contributed by atoms with Crippen LogP contribution in [0.3, 0.4) is 0 Å². The highest BCUT2D eigenvalue weighted by molar-refractivity contribution is 5.88. The molecule has 120 valence electrons. The molecule has 3 nitrogen and oxygen atoms in total. The summed E-state index contributed by atoms with van der Waals surface area (Å²) in [5, 5.41) is 21.5. The number of carbonyl (C=O) groups excluding carboxylic acids is 1. The van der Waals surface area contributed by atoms with E-state index in [9.17, 15) is 15.0 Å². The second-order valence-corrected chi connectivity index (χ2v) is 8.11. The number of hydrogen-bond donors (Lipinski definition) is 2. The lowest BCUT2D eigenvalue weighted by atomic mass is 9.61. The van der Waals surface area contributed by atoms with Crippen LogP contribution in [0, 0.1) is 17.3 Å². The third kappa shape index (κ3) is 1.91. The molecule has 2 fully saturated rings. The second kappa shape index (κ2) is 4.78. The summed E-state index contributed by atoms with van der Waals surface area (Å²) < 4.78 is 0. The van der Waals surface area contributed by atoms with E-state index in [1.54, 1.807) is 0 Å². The van der Waals surface area contributed by atoms with E-state index in [0.717, 1.165) is 50.5 Å². The fourth-order valence-electron chi connectivity index (χ4n) is 5.52. The van der Waals surface area contributed by atoms with Crippen LogP contribution in [0.1, 0.15) is 58.3 Å². The average molecular weight is 302 g/mol. The standard InChI is InChI=1S/C19H26O3/c1-18-8-7-14-10-13-11-15(20)3-2-12(13)6-9-19(14,22)16(18)4-5-17(18)21/h7,10,12,15-16,20,22H,2-6,8-9,11H2,1H3/t12?,15?,16?,18?,19-/m1/s1. The van der Waals surface area contributed by atoms with Crippen molar-refractivity contribution >= 4 is 5.78 Å². The summed E-state index contributed by atoms with van der Waals surface area (Å²) in [5.74, 6) is 0.891. The Hall–Kier alpha value is -0.930. The normalized spacial score (nSPS) is 47.8. The van der Waals surface area contributed by atoms with Gasteiger partial charge in [-0.05, 0) is 56.4 Å². The van der Waals surface area contributed by atoms with Gasteiger partial charge in [-0.2, -0.15) is 0 Å². The molecule has 4 unspecified atom stereocenters. The summed E-state index contributed by atoms with van der Waals surface area (Å²) in [7, 11) is 0. The predicted molar refractivity (Wildman–Crippen MR) is 84.2 cm³/mol. The summed E-state index contributed by atoms with van der Waals surface area (Å²) >= 11 is 0. The van der Waals surface area contributed by atoms with Crippen LogP contribution in [0.25, 0.3) is 0 Å². The van der Waals surface area contributed by atoms with Gasteiger partial charge in [0, 0.05) is 17.8 Å². The van der Waals surface area contributed by atoms with E-state index >= 15 is 0 Å². The van der Waals surface area contributed by atoms with Gasteiger partial charge in [0.1, 0.15) is 5.78 Å². The molecular formula is C19H26O3. The zero-order chi connectivity index (χ0) is 15.5. The molecule has 4 aliphatic carbocycles. The third-order valence-electron chi connectivity index (χ3n) is 6.95. The van der Waals surface area contributed by atoms with Gasteiger partial charge in [-0.1, -0.05) is 24.6 Å². The molecule has 0 saturated heterocycles. The number of carbonyl (C=O) groups is 1. The molecular weight excluding hydrogens is 276 g/mol. The molecule has 4 rings (SSSR count).